The Morgan fingerprint density at radius 2 is 1.48 bits per heavy atom. The van der Waals surface area contributed by atoms with Crippen molar-refractivity contribution in [3.05, 3.63) is 90.6 Å². The van der Waals surface area contributed by atoms with Gasteiger partial charge in [-0.1, -0.05) is 72.8 Å². The van der Waals surface area contributed by atoms with E-state index in [1.807, 2.05) is 12.3 Å². The van der Waals surface area contributed by atoms with Crippen LogP contribution in [0.15, 0.2) is 85.1 Å². The minimum atomic E-state index is 1.06. The van der Waals surface area contributed by atoms with Crippen LogP contribution in [-0.4, -0.2) is 4.98 Å². The highest BCUT2D eigenvalue weighted by molar-refractivity contribution is 6.03. The Morgan fingerprint density at radius 3 is 2.30 bits per heavy atom. The zero-order valence-corrected chi connectivity index (χ0v) is 13.0. The SMILES string of the molecule is Cc1cccnc1-c1c(-c2ccccc2)ccc2ccccc12. The van der Waals surface area contributed by atoms with Gasteiger partial charge < -0.3 is 0 Å². The van der Waals surface area contributed by atoms with Gasteiger partial charge in [0.25, 0.3) is 0 Å². The van der Waals surface area contributed by atoms with Gasteiger partial charge in [0.1, 0.15) is 0 Å². The molecule has 1 heterocycles. The molecule has 1 aromatic heterocycles. The van der Waals surface area contributed by atoms with Gasteiger partial charge in [0.15, 0.2) is 0 Å². The molecule has 0 amide bonds. The van der Waals surface area contributed by atoms with Crippen molar-refractivity contribution in [3.8, 4) is 22.4 Å². The molecule has 4 aromatic rings. The van der Waals surface area contributed by atoms with Crippen molar-refractivity contribution < 1.29 is 0 Å². The minimum Gasteiger partial charge on any atom is -0.256 e. The number of rotatable bonds is 2. The molecule has 3 aromatic carbocycles. The molecule has 0 saturated heterocycles. The van der Waals surface area contributed by atoms with Gasteiger partial charge >= 0.3 is 0 Å². The summed E-state index contributed by atoms with van der Waals surface area (Å²) in [5.41, 5.74) is 5.92. The second kappa shape index (κ2) is 5.69. The first-order valence-electron chi connectivity index (χ1n) is 7.84. The molecule has 0 aliphatic rings. The summed E-state index contributed by atoms with van der Waals surface area (Å²) in [6.45, 7) is 2.12. The average Bonchev–Trinajstić information content (AvgIpc) is 2.62. The van der Waals surface area contributed by atoms with Gasteiger partial charge in [-0.3, -0.25) is 4.98 Å². The molecule has 0 saturated carbocycles. The lowest BCUT2D eigenvalue weighted by molar-refractivity contribution is 1.28. The number of pyridine rings is 1. The first-order valence-corrected chi connectivity index (χ1v) is 7.84. The number of nitrogens with zero attached hydrogens (tertiary/aromatic N) is 1. The maximum absolute atomic E-state index is 4.68. The maximum atomic E-state index is 4.68. The zero-order chi connectivity index (χ0) is 15.6. The van der Waals surface area contributed by atoms with Gasteiger partial charge in [-0.15, -0.1) is 0 Å². The number of hydrogen-bond acceptors (Lipinski definition) is 1. The van der Waals surface area contributed by atoms with Crippen molar-refractivity contribution in [2.45, 2.75) is 6.92 Å². The molecular weight excluding hydrogens is 278 g/mol. The van der Waals surface area contributed by atoms with Crippen molar-refractivity contribution in [2.24, 2.45) is 0 Å². The molecule has 4 rings (SSSR count). The van der Waals surface area contributed by atoms with Crippen LogP contribution in [0.5, 0.6) is 0 Å². The third-order valence-corrected chi connectivity index (χ3v) is 4.26. The Balaban J connectivity index is 2.12. The Hall–Kier alpha value is -2.93. The van der Waals surface area contributed by atoms with E-state index in [1.165, 1.54) is 33.0 Å². The van der Waals surface area contributed by atoms with Crippen LogP contribution in [-0.2, 0) is 0 Å². The lowest BCUT2D eigenvalue weighted by atomic mass is 9.91. The monoisotopic (exact) mass is 295 g/mol. The smallest absolute Gasteiger partial charge is 0.0743 e. The molecule has 0 bridgehead atoms. The first kappa shape index (κ1) is 13.7. The van der Waals surface area contributed by atoms with Gasteiger partial charge in [-0.2, -0.15) is 0 Å². The summed E-state index contributed by atoms with van der Waals surface area (Å²) >= 11 is 0. The molecule has 1 nitrogen and oxygen atoms in total. The van der Waals surface area contributed by atoms with Gasteiger partial charge in [-0.25, -0.2) is 0 Å². The van der Waals surface area contributed by atoms with E-state index in [-0.39, 0.29) is 0 Å². The van der Waals surface area contributed by atoms with E-state index in [0.29, 0.717) is 0 Å². The van der Waals surface area contributed by atoms with E-state index < -0.39 is 0 Å². The maximum Gasteiger partial charge on any atom is 0.0743 e. The molecule has 0 atom stereocenters. The lowest BCUT2D eigenvalue weighted by Crippen LogP contribution is -1.92. The van der Waals surface area contributed by atoms with Crippen molar-refractivity contribution in [2.75, 3.05) is 0 Å². The fourth-order valence-electron chi connectivity index (χ4n) is 3.13. The number of aryl methyl sites for hydroxylation is 1. The van der Waals surface area contributed by atoms with E-state index in [2.05, 4.69) is 84.7 Å². The third kappa shape index (κ3) is 2.40. The number of fused-ring (bicyclic) bond motifs is 1. The molecule has 0 fully saturated rings. The van der Waals surface area contributed by atoms with Crippen LogP contribution in [0.3, 0.4) is 0 Å². The van der Waals surface area contributed by atoms with Crippen molar-refractivity contribution in [1.29, 1.82) is 0 Å². The van der Waals surface area contributed by atoms with Crippen molar-refractivity contribution >= 4 is 10.8 Å². The quantitative estimate of drug-likeness (QED) is 0.450. The topological polar surface area (TPSA) is 12.9 Å². The second-order valence-corrected chi connectivity index (χ2v) is 5.74. The van der Waals surface area contributed by atoms with Crippen LogP contribution in [0.25, 0.3) is 33.2 Å². The van der Waals surface area contributed by atoms with E-state index in [9.17, 15) is 0 Å². The van der Waals surface area contributed by atoms with Crippen LogP contribution >= 0.6 is 0 Å². The molecule has 23 heavy (non-hydrogen) atoms. The largest absolute Gasteiger partial charge is 0.256 e. The number of aromatic nitrogens is 1. The summed E-state index contributed by atoms with van der Waals surface area (Å²) < 4.78 is 0. The van der Waals surface area contributed by atoms with Crippen molar-refractivity contribution in [3.63, 3.8) is 0 Å². The highest BCUT2D eigenvalue weighted by Gasteiger charge is 2.14. The summed E-state index contributed by atoms with van der Waals surface area (Å²) in [7, 11) is 0. The first-order chi connectivity index (χ1) is 11.3. The highest BCUT2D eigenvalue weighted by atomic mass is 14.7. The van der Waals surface area contributed by atoms with Gasteiger partial charge in [0.2, 0.25) is 0 Å². The summed E-state index contributed by atoms with van der Waals surface area (Å²) in [5.74, 6) is 0. The van der Waals surface area contributed by atoms with Gasteiger partial charge in [0, 0.05) is 11.8 Å². The Bertz CT molecular complexity index is 971. The predicted molar refractivity (Wildman–Crippen MR) is 97.4 cm³/mol. The second-order valence-electron chi connectivity index (χ2n) is 5.74. The third-order valence-electron chi connectivity index (χ3n) is 4.26. The number of benzene rings is 3. The van der Waals surface area contributed by atoms with E-state index in [4.69, 9.17) is 0 Å². The van der Waals surface area contributed by atoms with Gasteiger partial charge in [0.05, 0.1) is 5.69 Å². The predicted octanol–water partition coefficient (Wildman–Crippen LogP) is 5.88. The molecule has 0 spiro atoms. The highest BCUT2D eigenvalue weighted by Crippen LogP contribution is 2.38. The fraction of sp³-hybridized carbons (Fsp3) is 0.0455. The summed E-state index contributed by atoms with van der Waals surface area (Å²) in [6, 6.07) is 27.6. The molecule has 1 heteroatoms. The summed E-state index contributed by atoms with van der Waals surface area (Å²) in [5, 5.41) is 2.49. The summed E-state index contributed by atoms with van der Waals surface area (Å²) in [6.07, 6.45) is 1.87. The van der Waals surface area contributed by atoms with Crippen LogP contribution < -0.4 is 0 Å². The Labute approximate surface area is 136 Å². The zero-order valence-electron chi connectivity index (χ0n) is 13.0. The van der Waals surface area contributed by atoms with Crippen molar-refractivity contribution in [1.82, 2.24) is 4.98 Å². The van der Waals surface area contributed by atoms with E-state index in [1.54, 1.807) is 0 Å². The van der Waals surface area contributed by atoms with Crippen LogP contribution in [0.4, 0.5) is 0 Å². The fourth-order valence-corrected chi connectivity index (χ4v) is 3.13. The molecule has 110 valence electrons. The minimum absolute atomic E-state index is 1.06. The molecule has 0 unspecified atom stereocenters. The van der Waals surface area contributed by atoms with E-state index >= 15 is 0 Å². The van der Waals surface area contributed by atoms with Crippen LogP contribution in [0, 0.1) is 6.92 Å². The normalized spacial score (nSPS) is 10.8. The lowest BCUT2D eigenvalue weighted by Gasteiger charge is -2.15. The summed E-state index contributed by atoms with van der Waals surface area (Å²) in [4.78, 5) is 4.68. The molecule has 0 aliphatic carbocycles. The standard InChI is InChI=1S/C22H17N/c1-16-8-7-15-23-22(16)21-19-12-6-5-11-18(19)13-14-20(21)17-9-3-2-4-10-17/h2-15H,1H3. The molecular formula is C22H17N. The van der Waals surface area contributed by atoms with Gasteiger partial charge in [-0.05, 0) is 40.5 Å². The van der Waals surface area contributed by atoms with Crippen LogP contribution in [0.2, 0.25) is 0 Å². The molecule has 0 N–H and O–H groups in total. The Morgan fingerprint density at radius 1 is 0.696 bits per heavy atom. The van der Waals surface area contributed by atoms with Crippen LogP contribution in [0.1, 0.15) is 5.56 Å². The number of hydrogen-bond donors (Lipinski definition) is 0. The average molecular weight is 295 g/mol. The Kier molecular flexibility index (Phi) is 3.39. The van der Waals surface area contributed by atoms with E-state index in [0.717, 1.165) is 5.69 Å². The molecule has 0 aliphatic heterocycles. The molecule has 0 radical (unpaired) electrons.